The van der Waals surface area contributed by atoms with E-state index in [2.05, 4.69) is 6.92 Å². The monoisotopic (exact) mass is 587 g/mol. The van der Waals surface area contributed by atoms with Gasteiger partial charge in [0.25, 0.3) is 5.79 Å². The molecule has 4 aliphatic heterocycles. The summed E-state index contributed by atoms with van der Waals surface area (Å²) in [5.41, 5.74) is -0.925. The minimum Gasteiger partial charge on any atom is -0.458 e. The quantitative estimate of drug-likeness (QED) is 0.285. The van der Waals surface area contributed by atoms with Gasteiger partial charge >= 0.3 is 5.97 Å². The van der Waals surface area contributed by atoms with Gasteiger partial charge in [0.15, 0.2) is 4.87 Å². The third-order valence-corrected chi connectivity index (χ3v) is 14.2. The number of esters is 1. The van der Waals surface area contributed by atoms with Gasteiger partial charge in [-0.25, -0.2) is 4.79 Å². The molecule has 0 radical (unpaired) electrons. The van der Waals surface area contributed by atoms with Gasteiger partial charge < -0.3 is 34.0 Å². The lowest BCUT2D eigenvalue weighted by Gasteiger charge is -2.65. The van der Waals surface area contributed by atoms with Crippen molar-refractivity contribution in [3.8, 4) is 0 Å². The molecule has 8 unspecified atom stereocenters. The van der Waals surface area contributed by atoms with Crippen LogP contribution in [0.15, 0.2) is 16.6 Å². The summed E-state index contributed by atoms with van der Waals surface area (Å²) in [4.78, 5) is 29.1. The number of aldehydes is 1. The van der Waals surface area contributed by atoms with Crippen LogP contribution in [0.1, 0.15) is 71.6 Å². The van der Waals surface area contributed by atoms with Gasteiger partial charge in [-0.3, -0.25) is 4.99 Å². The van der Waals surface area contributed by atoms with Crippen molar-refractivity contribution in [3.63, 3.8) is 0 Å². The molecule has 224 valence electrons. The zero-order valence-corrected chi connectivity index (χ0v) is 24.6. The predicted molar refractivity (Wildman–Crippen MR) is 149 cm³/mol. The van der Waals surface area contributed by atoms with Gasteiger partial charge in [-0.2, -0.15) is 0 Å². The first-order chi connectivity index (χ1) is 19.6. The highest BCUT2D eigenvalue weighted by Crippen LogP contribution is 2.70. The fourth-order valence-electron chi connectivity index (χ4n) is 11.0. The van der Waals surface area contributed by atoms with Gasteiger partial charge in [0.05, 0.1) is 23.9 Å². The lowest BCUT2D eigenvalue weighted by molar-refractivity contribution is -0.445. The summed E-state index contributed by atoms with van der Waals surface area (Å²) in [6.45, 7) is 4.49. The van der Waals surface area contributed by atoms with E-state index in [9.17, 15) is 19.8 Å². The predicted octanol–water partition coefficient (Wildman–Crippen LogP) is 3.15. The van der Waals surface area contributed by atoms with Crippen LogP contribution in [0.5, 0.6) is 0 Å². The number of hydrogen-bond donors (Lipinski definition) is 2. The maximum atomic E-state index is 13.3. The molecule has 0 aromatic rings. The Kier molecular flexibility index (Phi) is 5.91. The van der Waals surface area contributed by atoms with Crippen LogP contribution in [0.4, 0.5) is 0 Å². The standard InChI is InChI=1S/C31H41NO8S/c1-17-13-30(32-9-10-41-30)31(36)26(38-17)39-23-12-19-3-4-22-21(28(19,16-33)14-24(23)40-31)5-7-27(2)20(6-8-29(22,27)35)18-11-25(34)37-15-18/h9,11,16-17,19-24,26,35-36H,3-8,10,12-15H2,1-2H3/t17-,19?,20?,21?,22?,23?,24?,26?,27-,28-,29+,30?,31+/m0/s1. The van der Waals surface area contributed by atoms with Gasteiger partial charge in [0.1, 0.15) is 12.9 Å². The molecule has 8 aliphatic rings. The number of cyclic esters (lactones) is 1. The Bertz CT molecular complexity index is 1230. The van der Waals surface area contributed by atoms with E-state index in [0.717, 1.165) is 37.7 Å². The first-order valence-corrected chi connectivity index (χ1v) is 16.5. The molecule has 41 heavy (non-hydrogen) atoms. The number of nitrogens with zero attached hydrogens (tertiary/aromatic N) is 1. The summed E-state index contributed by atoms with van der Waals surface area (Å²) < 4.78 is 24.5. The van der Waals surface area contributed by atoms with E-state index < -0.39 is 34.1 Å². The molecule has 1 spiro atoms. The van der Waals surface area contributed by atoms with Crippen molar-refractivity contribution in [2.75, 3.05) is 12.4 Å². The SMILES string of the molecule is C[C@H]1CC2(N=CCS2)[C@]2(O)OC3C[C@]4(C=O)C(CCC5C4CC[C@@]4(C)C(C6=CC(=O)OC6)CC[C@@]54O)CC3OC2O1. The van der Waals surface area contributed by atoms with E-state index in [4.69, 9.17) is 23.9 Å². The minimum atomic E-state index is -1.74. The molecule has 6 fully saturated rings. The maximum Gasteiger partial charge on any atom is 0.331 e. The number of carbonyl (C=O) groups excluding carboxylic acids is 2. The van der Waals surface area contributed by atoms with Gasteiger partial charge in [0.2, 0.25) is 6.29 Å². The molecule has 0 aromatic carbocycles. The Morgan fingerprint density at radius 1 is 1.07 bits per heavy atom. The Morgan fingerprint density at radius 2 is 1.93 bits per heavy atom. The van der Waals surface area contributed by atoms with Crippen LogP contribution in [0.2, 0.25) is 0 Å². The average molecular weight is 588 g/mol. The first kappa shape index (κ1) is 27.3. The third kappa shape index (κ3) is 3.41. The zero-order valence-electron chi connectivity index (χ0n) is 23.8. The molecular weight excluding hydrogens is 546 g/mol. The Hall–Kier alpha value is -1.30. The van der Waals surface area contributed by atoms with Crippen molar-refractivity contribution < 1.29 is 38.7 Å². The van der Waals surface area contributed by atoms with Gasteiger partial charge in [0, 0.05) is 35.3 Å². The average Bonchev–Trinajstić information content (AvgIpc) is 3.65. The van der Waals surface area contributed by atoms with Crippen molar-refractivity contribution in [2.24, 2.45) is 39.5 Å². The minimum absolute atomic E-state index is 0.0107. The second kappa shape index (κ2) is 8.88. The molecule has 9 nitrogen and oxygen atoms in total. The van der Waals surface area contributed by atoms with Crippen molar-refractivity contribution in [3.05, 3.63) is 11.6 Å². The maximum absolute atomic E-state index is 13.3. The number of aliphatic imine (C=N–C) groups is 1. The number of thioether (sulfide) groups is 1. The van der Waals surface area contributed by atoms with Crippen LogP contribution in [0.3, 0.4) is 0 Å². The molecule has 2 saturated heterocycles. The Labute approximate surface area is 244 Å². The second-order valence-corrected chi connectivity index (χ2v) is 15.7. The zero-order chi connectivity index (χ0) is 28.4. The van der Waals surface area contributed by atoms with Crippen LogP contribution in [-0.2, 0) is 28.5 Å². The second-order valence-electron chi connectivity index (χ2n) is 14.4. The van der Waals surface area contributed by atoms with Crippen molar-refractivity contribution >= 4 is 30.2 Å². The summed E-state index contributed by atoms with van der Waals surface area (Å²) >= 11 is 1.56. The van der Waals surface area contributed by atoms with Gasteiger partial charge in [-0.15, -0.1) is 11.8 Å². The summed E-state index contributed by atoms with van der Waals surface area (Å²) in [6.07, 6.45) is 9.34. The van der Waals surface area contributed by atoms with Crippen LogP contribution in [0, 0.1) is 34.5 Å². The van der Waals surface area contributed by atoms with Crippen LogP contribution >= 0.6 is 11.8 Å². The number of carbonyl (C=O) groups is 2. The van der Waals surface area contributed by atoms with E-state index >= 15 is 0 Å². The normalized spacial score (nSPS) is 57.2. The van der Waals surface area contributed by atoms with E-state index in [1.165, 1.54) is 6.29 Å². The molecule has 4 saturated carbocycles. The Morgan fingerprint density at radius 3 is 2.66 bits per heavy atom. The van der Waals surface area contributed by atoms with Gasteiger partial charge in [-0.05, 0) is 87.5 Å². The molecule has 13 atom stereocenters. The first-order valence-electron chi connectivity index (χ1n) is 15.5. The lowest BCUT2D eigenvalue weighted by Crippen LogP contribution is -2.73. The van der Waals surface area contributed by atoms with Crippen LogP contribution < -0.4 is 0 Å². The molecule has 0 amide bonds. The smallest absolute Gasteiger partial charge is 0.331 e. The van der Waals surface area contributed by atoms with Crippen LogP contribution in [-0.4, -0.2) is 81.9 Å². The fourth-order valence-corrected chi connectivity index (χ4v) is 12.3. The summed E-state index contributed by atoms with van der Waals surface area (Å²) in [5, 5.41) is 24.6. The topological polar surface area (TPSA) is 124 Å². The molecular formula is C31H41NO8S. The highest BCUT2D eigenvalue weighted by Gasteiger charge is 2.72. The molecule has 10 heteroatoms. The van der Waals surface area contributed by atoms with E-state index in [-0.39, 0.29) is 47.3 Å². The van der Waals surface area contributed by atoms with Crippen LogP contribution in [0.25, 0.3) is 0 Å². The third-order valence-electron chi connectivity index (χ3n) is 12.9. The summed E-state index contributed by atoms with van der Waals surface area (Å²) in [6, 6.07) is 0. The number of aliphatic hydroxyl groups is 2. The number of ether oxygens (including phenoxy) is 4. The molecule has 0 aromatic heterocycles. The molecule has 2 N–H and O–H groups in total. The van der Waals surface area contributed by atoms with Crippen molar-refractivity contribution in [2.45, 2.75) is 112 Å². The van der Waals surface area contributed by atoms with E-state index in [0.29, 0.717) is 38.0 Å². The Balaban J connectivity index is 1.10. The molecule has 4 heterocycles. The van der Waals surface area contributed by atoms with Crippen molar-refractivity contribution in [1.29, 1.82) is 0 Å². The molecule has 0 bridgehead atoms. The highest BCUT2D eigenvalue weighted by atomic mass is 32.2. The van der Waals surface area contributed by atoms with E-state index in [1.807, 2.05) is 13.1 Å². The fraction of sp³-hybridized carbons (Fsp3) is 0.839. The molecule has 8 rings (SSSR count). The number of fused-ring (bicyclic) bond motifs is 8. The van der Waals surface area contributed by atoms with E-state index in [1.54, 1.807) is 17.8 Å². The summed E-state index contributed by atoms with van der Waals surface area (Å²) in [5.74, 6) is -1.08. The number of rotatable bonds is 2. The summed E-state index contributed by atoms with van der Waals surface area (Å²) in [7, 11) is 0. The number of hydrogen-bond acceptors (Lipinski definition) is 10. The van der Waals surface area contributed by atoms with Crippen molar-refractivity contribution in [1.82, 2.24) is 0 Å². The highest BCUT2D eigenvalue weighted by molar-refractivity contribution is 8.01. The van der Waals surface area contributed by atoms with Gasteiger partial charge in [-0.1, -0.05) is 6.92 Å². The largest absolute Gasteiger partial charge is 0.458 e. The molecule has 4 aliphatic carbocycles. The lowest BCUT2D eigenvalue weighted by atomic mass is 9.42.